The van der Waals surface area contributed by atoms with Crippen LogP contribution in [0, 0.1) is 11.7 Å². The summed E-state index contributed by atoms with van der Waals surface area (Å²) in [6.07, 6.45) is 5.05. The summed E-state index contributed by atoms with van der Waals surface area (Å²) in [5, 5.41) is 0. The molecule has 1 amide bonds. The lowest BCUT2D eigenvalue weighted by Crippen LogP contribution is -2.52. The number of nitrogens with zero attached hydrogens (tertiary/aromatic N) is 3. The van der Waals surface area contributed by atoms with Crippen molar-refractivity contribution in [3.63, 3.8) is 0 Å². The first-order valence-electron chi connectivity index (χ1n) is 10.6. The van der Waals surface area contributed by atoms with Crippen LogP contribution < -0.4 is 4.90 Å². The molecule has 1 aromatic carbocycles. The minimum Gasteiger partial charge on any atom is -0.368 e. The molecule has 4 nitrogen and oxygen atoms in total. The maximum atomic E-state index is 13.5. The van der Waals surface area contributed by atoms with Gasteiger partial charge in [0.2, 0.25) is 5.91 Å². The molecule has 0 atom stereocenters. The van der Waals surface area contributed by atoms with Crippen molar-refractivity contribution in [2.75, 3.05) is 37.6 Å². The molecular weight excluding hydrogens is 341 g/mol. The van der Waals surface area contributed by atoms with Gasteiger partial charge in [0.25, 0.3) is 0 Å². The van der Waals surface area contributed by atoms with Crippen LogP contribution in [0.15, 0.2) is 18.2 Å². The molecule has 0 spiro atoms. The number of piperazine rings is 1. The van der Waals surface area contributed by atoms with Gasteiger partial charge in [0, 0.05) is 56.4 Å². The van der Waals surface area contributed by atoms with Crippen LogP contribution in [0.4, 0.5) is 10.1 Å². The van der Waals surface area contributed by atoms with Gasteiger partial charge in [-0.15, -0.1) is 0 Å². The zero-order valence-corrected chi connectivity index (χ0v) is 16.7. The quantitative estimate of drug-likeness (QED) is 0.813. The Labute approximate surface area is 162 Å². The van der Waals surface area contributed by atoms with Crippen molar-refractivity contribution in [2.45, 2.75) is 58.0 Å². The predicted molar refractivity (Wildman–Crippen MR) is 106 cm³/mol. The van der Waals surface area contributed by atoms with Crippen molar-refractivity contribution < 1.29 is 9.18 Å². The predicted octanol–water partition coefficient (Wildman–Crippen LogP) is 3.30. The van der Waals surface area contributed by atoms with Gasteiger partial charge in [-0.2, -0.15) is 0 Å². The van der Waals surface area contributed by atoms with E-state index in [9.17, 15) is 9.18 Å². The van der Waals surface area contributed by atoms with E-state index < -0.39 is 0 Å². The van der Waals surface area contributed by atoms with Crippen molar-refractivity contribution >= 4 is 11.6 Å². The fourth-order valence-corrected chi connectivity index (χ4v) is 5.13. The van der Waals surface area contributed by atoms with E-state index in [-0.39, 0.29) is 11.7 Å². The monoisotopic (exact) mass is 373 g/mol. The van der Waals surface area contributed by atoms with Gasteiger partial charge in [-0.05, 0) is 69.7 Å². The number of amides is 1. The molecule has 1 saturated carbocycles. The van der Waals surface area contributed by atoms with E-state index >= 15 is 0 Å². The molecule has 2 aliphatic heterocycles. The highest BCUT2D eigenvalue weighted by Crippen LogP contribution is 2.36. The molecule has 0 bridgehead atoms. The molecule has 0 unspecified atom stereocenters. The van der Waals surface area contributed by atoms with E-state index in [1.165, 1.54) is 5.69 Å². The number of rotatable bonds is 3. The summed E-state index contributed by atoms with van der Waals surface area (Å²) in [6, 6.07) is 6.25. The third-order valence-electron chi connectivity index (χ3n) is 6.82. The fourth-order valence-electron chi connectivity index (χ4n) is 5.13. The van der Waals surface area contributed by atoms with Gasteiger partial charge in [0.05, 0.1) is 0 Å². The van der Waals surface area contributed by atoms with Crippen LogP contribution in [-0.4, -0.2) is 60.5 Å². The molecule has 0 radical (unpaired) electrons. The highest BCUT2D eigenvalue weighted by molar-refractivity contribution is 5.79. The summed E-state index contributed by atoms with van der Waals surface area (Å²) in [4.78, 5) is 19.9. The Morgan fingerprint density at radius 1 is 1.04 bits per heavy atom. The lowest BCUT2D eigenvalue weighted by atomic mass is 9.84. The van der Waals surface area contributed by atoms with Gasteiger partial charge in [-0.1, -0.05) is 0 Å². The fraction of sp³-hybridized carbons (Fsp3) is 0.682. The molecule has 1 aliphatic carbocycles. The van der Waals surface area contributed by atoms with E-state index in [0.29, 0.717) is 18.0 Å². The van der Waals surface area contributed by atoms with Crippen LogP contribution in [0.5, 0.6) is 0 Å². The van der Waals surface area contributed by atoms with E-state index in [4.69, 9.17) is 0 Å². The molecule has 3 aliphatic rings. The van der Waals surface area contributed by atoms with E-state index in [2.05, 4.69) is 28.5 Å². The highest BCUT2D eigenvalue weighted by Gasteiger charge is 2.34. The Bertz CT molecular complexity index is 676. The molecule has 148 valence electrons. The average molecular weight is 374 g/mol. The molecule has 2 heterocycles. The van der Waals surface area contributed by atoms with Crippen molar-refractivity contribution in [2.24, 2.45) is 5.92 Å². The average Bonchev–Trinajstić information content (AvgIpc) is 3.10. The SMILES string of the molecule is CC(C)N1CCN(C(=O)C2CCC(N3CCc4cc(F)ccc43)CC2)CC1. The summed E-state index contributed by atoms with van der Waals surface area (Å²) in [5.74, 6) is 0.436. The first-order valence-corrected chi connectivity index (χ1v) is 10.6. The van der Waals surface area contributed by atoms with Gasteiger partial charge < -0.3 is 9.80 Å². The number of anilines is 1. The zero-order valence-electron chi connectivity index (χ0n) is 16.7. The smallest absolute Gasteiger partial charge is 0.225 e. The Hall–Kier alpha value is -1.62. The number of fused-ring (bicyclic) bond motifs is 1. The third kappa shape index (κ3) is 3.84. The van der Waals surface area contributed by atoms with Gasteiger partial charge in [0.1, 0.15) is 5.82 Å². The number of hydrogen-bond donors (Lipinski definition) is 0. The minimum absolute atomic E-state index is 0.137. The molecular formula is C22H32FN3O. The Morgan fingerprint density at radius 3 is 2.41 bits per heavy atom. The van der Waals surface area contributed by atoms with E-state index in [1.807, 2.05) is 6.07 Å². The number of benzene rings is 1. The van der Waals surface area contributed by atoms with Gasteiger partial charge in [-0.3, -0.25) is 9.69 Å². The van der Waals surface area contributed by atoms with Crippen LogP contribution in [0.2, 0.25) is 0 Å². The zero-order chi connectivity index (χ0) is 19.0. The first kappa shape index (κ1) is 18.7. The molecule has 0 N–H and O–H groups in total. The van der Waals surface area contributed by atoms with E-state index in [1.54, 1.807) is 12.1 Å². The topological polar surface area (TPSA) is 26.8 Å². The molecule has 1 saturated heterocycles. The molecule has 5 heteroatoms. The van der Waals surface area contributed by atoms with E-state index in [0.717, 1.165) is 70.4 Å². The summed E-state index contributed by atoms with van der Waals surface area (Å²) in [7, 11) is 0. The number of hydrogen-bond acceptors (Lipinski definition) is 3. The molecule has 2 fully saturated rings. The second-order valence-electron chi connectivity index (χ2n) is 8.68. The maximum absolute atomic E-state index is 13.5. The van der Waals surface area contributed by atoms with Crippen molar-refractivity contribution in [1.82, 2.24) is 9.80 Å². The van der Waals surface area contributed by atoms with Crippen molar-refractivity contribution in [1.29, 1.82) is 0 Å². The first-order chi connectivity index (χ1) is 13.0. The Morgan fingerprint density at radius 2 is 1.74 bits per heavy atom. The van der Waals surface area contributed by atoms with Crippen LogP contribution in [0.3, 0.4) is 0 Å². The van der Waals surface area contributed by atoms with Crippen molar-refractivity contribution in [3.8, 4) is 0 Å². The summed E-state index contributed by atoms with van der Waals surface area (Å²) in [5.41, 5.74) is 2.34. The normalized spacial score (nSPS) is 26.5. The lowest BCUT2D eigenvalue weighted by molar-refractivity contribution is -0.138. The van der Waals surface area contributed by atoms with Gasteiger partial charge >= 0.3 is 0 Å². The highest BCUT2D eigenvalue weighted by atomic mass is 19.1. The molecule has 0 aromatic heterocycles. The number of carbonyl (C=O) groups is 1. The molecule has 4 rings (SSSR count). The van der Waals surface area contributed by atoms with Crippen LogP contribution >= 0.6 is 0 Å². The summed E-state index contributed by atoms with van der Waals surface area (Å²) in [6.45, 7) is 9.19. The van der Waals surface area contributed by atoms with Crippen molar-refractivity contribution in [3.05, 3.63) is 29.6 Å². The second kappa shape index (κ2) is 7.78. The van der Waals surface area contributed by atoms with Crippen LogP contribution in [-0.2, 0) is 11.2 Å². The van der Waals surface area contributed by atoms with Crippen LogP contribution in [0.25, 0.3) is 0 Å². The molecule has 1 aromatic rings. The van der Waals surface area contributed by atoms with Crippen LogP contribution in [0.1, 0.15) is 45.1 Å². The summed E-state index contributed by atoms with van der Waals surface area (Å²) >= 11 is 0. The largest absolute Gasteiger partial charge is 0.368 e. The Kier molecular flexibility index (Phi) is 5.40. The summed E-state index contributed by atoms with van der Waals surface area (Å²) < 4.78 is 13.5. The maximum Gasteiger partial charge on any atom is 0.225 e. The lowest BCUT2D eigenvalue weighted by Gasteiger charge is -2.40. The standard InChI is InChI=1S/C22H32FN3O/c1-16(2)24-11-13-25(14-12-24)22(27)17-3-6-20(7-4-17)26-10-9-18-15-19(23)5-8-21(18)26/h5,8,15-17,20H,3-4,6-7,9-14H2,1-2H3. The van der Waals surface area contributed by atoms with Gasteiger partial charge in [-0.25, -0.2) is 4.39 Å². The third-order valence-corrected chi connectivity index (χ3v) is 6.82. The van der Waals surface area contributed by atoms with Gasteiger partial charge in [0.15, 0.2) is 0 Å². The molecule has 27 heavy (non-hydrogen) atoms. The Balaban J connectivity index is 1.30. The minimum atomic E-state index is -0.137. The number of carbonyl (C=O) groups excluding carboxylic acids is 1. The second-order valence-corrected chi connectivity index (χ2v) is 8.68. The number of halogens is 1.